The minimum Gasteiger partial charge on any atom is -0.469 e. The smallest absolute Gasteiger partial charge is 0.313 e. The van der Waals surface area contributed by atoms with Gasteiger partial charge in [0.1, 0.15) is 5.69 Å². The molecular weight excluding hydrogens is 296 g/mol. The number of aromatic nitrogens is 2. The monoisotopic (exact) mass is 317 g/mol. The van der Waals surface area contributed by atoms with Crippen LogP contribution < -0.4 is 5.32 Å². The van der Waals surface area contributed by atoms with Crippen molar-refractivity contribution in [1.82, 2.24) is 15.1 Å². The molecule has 0 aliphatic carbocycles. The highest BCUT2D eigenvalue weighted by molar-refractivity contribution is 5.96. The highest BCUT2D eigenvalue weighted by Crippen LogP contribution is 2.32. The Labute approximate surface area is 127 Å². The van der Waals surface area contributed by atoms with Gasteiger partial charge in [0.2, 0.25) is 0 Å². The van der Waals surface area contributed by atoms with E-state index in [2.05, 4.69) is 10.4 Å². The van der Waals surface area contributed by atoms with Crippen LogP contribution in [0.25, 0.3) is 0 Å². The lowest BCUT2D eigenvalue weighted by Crippen LogP contribution is -2.57. The molecule has 0 spiro atoms. The van der Waals surface area contributed by atoms with Gasteiger partial charge in [0, 0.05) is 7.05 Å². The zero-order valence-corrected chi connectivity index (χ0v) is 13.5. The van der Waals surface area contributed by atoms with Gasteiger partial charge in [-0.2, -0.15) is 5.10 Å². The van der Waals surface area contributed by atoms with E-state index in [4.69, 9.17) is 4.74 Å². The third-order valence-corrected chi connectivity index (χ3v) is 4.12. The summed E-state index contributed by atoms with van der Waals surface area (Å²) in [5, 5.41) is 6.30. The van der Waals surface area contributed by atoms with Gasteiger partial charge in [-0.1, -0.05) is 0 Å². The number of amides is 1. The van der Waals surface area contributed by atoms with Crippen LogP contribution in [0.2, 0.25) is 0 Å². The van der Waals surface area contributed by atoms with Crippen LogP contribution >= 0.6 is 0 Å². The van der Waals surface area contributed by atoms with Gasteiger partial charge in [-0.3, -0.25) is 14.3 Å². The van der Waals surface area contributed by atoms with E-state index in [1.165, 1.54) is 14.2 Å². The molecule has 0 fully saturated rings. The Hall–Kier alpha value is -1.99. The molecule has 22 heavy (non-hydrogen) atoms. The first kappa shape index (κ1) is 18.1. The molecule has 0 saturated heterocycles. The van der Waals surface area contributed by atoms with E-state index in [-0.39, 0.29) is 5.56 Å². The molecule has 0 aliphatic rings. The third kappa shape index (κ3) is 3.10. The highest BCUT2D eigenvalue weighted by Gasteiger charge is 2.45. The predicted octanol–water partition coefficient (Wildman–Crippen LogP) is 2.07. The molecule has 1 aromatic heterocycles. The predicted molar refractivity (Wildman–Crippen MR) is 75.5 cm³/mol. The van der Waals surface area contributed by atoms with Crippen LogP contribution in [0.15, 0.2) is 6.20 Å². The second-order valence-corrected chi connectivity index (χ2v) is 6.06. The average Bonchev–Trinajstić information content (AvgIpc) is 2.78. The summed E-state index contributed by atoms with van der Waals surface area (Å²) in [5.74, 6) is -1.23. The Morgan fingerprint density at radius 2 is 1.86 bits per heavy atom. The lowest BCUT2D eigenvalue weighted by atomic mass is 9.74. The summed E-state index contributed by atoms with van der Waals surface area (Å²) in [5.41, 5.74) is -2.76. The fraction of sp³-hybridized carbons (Fsp3) is 0.643. The van der Waals surface area contributed by atoms with Crippen LogP contribution in [0.3, 0.4) is 0 Å². The number of carbonyl (C=O) groups is 2. The minimum absolute atomic E-state index is 0.216. The van der Waals surface area contributed by atoms with E-state index in [9.17, 15) is 18.4 Å². The van der Waals surface area contributed by atoms with Crippen LogP contribution in [0.5, 0.6) is 0 Å². The summed E-state index contributed by atoms with van der Waals surface area (Å²) in [6, 6.07) is 0. The molecule has 0 radical (unpaired) electrons. The molecule has 0 aliphatic heterocycles. The number of halogens is 2. The Morgan fingerprint density at radius 3 is 2.32 bits per heavy atom. The fourth-order valence-electron chi connectivity index (χ4n) is 1.90. The number of aryl methyl sites for hydroxylation is 1. The van der Waals surface area contributed by atoms with Crippen molar-refractivity contribution in [2.24, 2.45) is 12.5 Å². The largest absolute Gasteiger partial charge is 0.469 e. The normalized spacial score (nSPS) is 12.4. The van der Waals surface area contributed by atoms with Gasteiger partial charge in [0.15, 0.2) is 0 Å². The van der Waals surface area contributed by atoms with E-state index >= 15 is 0 Å². The molecule has 0 atom stereocenters. The molecule has 0 aromatic carbocycles. The van der Waals surface area contributed by atoms with E-state index in [1.807, 2.05) is 0 Å². The zero-order chi connectivity index (χ0) is 17.3. The first-order valence-electron chi connectivity index (χ1n) is 6.66. The summed E-state index contributed by atoms with van der Waals surface area (Å²) in [4.78, 5) is 24.2. The quantitative estimate of drug-likeness (QED) is 0.844. The van der Waals surface area contributed by atoms with Crippen molar-refractivity contribution in [3.8, 4) is 0 Å². The molecule has 124 valence electrons. The van der Waals surface area contributed by atoms with Gasteiger partial charge >= 0.3 is 5.97 Å². The molecule has 0 saturated carbocycles. The van der Waals surface area contributed by atoms with Crippen molar-refractivity contribution in [3.05, 3.63) is 17.5 Å². The van der Waals surface area contributed by atoms with Crippen molar-refractivity contribution in [1.29, 1.82) is 0 Å². The average molecular weight is 317 g/mol. The van der Waals surface area contributed by atoms with Crippen LogP contribution in [0.4, 0.5) is 8.78 Å². The van der Waals surface area contributed by atoms with Crippen molar-refractivity contribution in [2.75, 3.05) is 7.11 Å². The number of alkyl halides is 2. The SMILES string of the molecule is COC(=O)C(C)(C)C(C)(C)NC(=O)c1cnn(C)c1C(F)F. The van der Waals surface area contributed by atoms with Crippen molar-refractivity contribution in [2.45, 2.75) is 39.7 Å². The Morgan fingerprint density at radius 1 is 1.32 bits per heavy atom. The highest BCUT2D eigenvalue weighted by atomic mass is 19.3. The fourth-order valence-corrected chi connectivity index (χ4v) is 1.90. The van der Waals surface area contributed by atoms with Crippen LogP contribution in [-0.4, -0.2) is 34.3 Å². The van der Waals surface area contributed by atoms with Crippen LogP contribution in [0.1, 0.15) is 50.2 Å². The summed E-state index contributed by atoms with van der Waals surface area (Å²) < 4.78 is 31.7. The number of esters is 1. The molecule has 6 nitrogen and oxygen atoms in total. The van der Waals surface area contributed by atoms with Gasteiger partial charge in [0.05, 0.1) is 29.8 Å². The van der Waals surface area contributed by atoms with Crippen molar-refractivity contribution < 1.29 is 23.1 Å². The molecule has 0 unspecified atom stereocenters. The van der Waals surface area contributed by atoms with Gasteiger partial charge in [-0.15, -0.1) is 0 Å². The summed E-state index contributed by atoms with van der Waals surface area (Å²) in [7, 11) is 2.58. The Kier molecular flexibility index (Phi) is 4.94. The summed E-state index contributed by atoms with van der Waals surface area (Å²) >= 11 is 0. The van der Waals surface area contributed by atoms with E-state index in [0.717, 1.165) is 10.9 Å². The maximum atomic E-state index is 13.0. The summed E-state index contributed by atoms with van der Waals surface area (Å²) in [6.07, 6.45) is -1.75. The number of ether oxygens (including phenoxy) is 1. The number of carbonyl (C=O) groups excluding carboxylic acids is 2. The molecule has 1 rings (SSSR count). The Balaban J connectivity index is 3.09. The third-order valence-electron chi connectivity index (χ3n) is 4.12. The molecule has 1 amide bonds. The molecular formula is C14H21F2N3O3. The number of nitrogens with zero attached hydrogens (tertiary/aromatic N) is 2. The number of hydrogen-bond acceptors (Lipinski definition) is 4. The lowest BCUT2D eigenvalue weighted by Gasteiger charge is -2.39. The van der Waals surface area contributed by atoms with Crippen LogP contribution in [0, 0.1) is 5.41 Å². The Bertz CT molecular complexity index is 580. The van der Waals surface area contributed by atoms with Crippen molar-refractivity contribution in [3.63, 3.8) is 0 Å². The number of hydrogen-bond donors (Lipinski definition) is 1. The molecule has 1 heterocycles. The lowest BCUT2D eigenvalue weighted by molar-refractivity contribution is -0.154. The van der Waals surface area contributed by atoms with Crippen molar-refractivity contribution >= 4 is 11.9 Å². The van der Waals surface area contributed by atoms with Gasteiger partial charge in [-0.05, 0) is 27.7 Å². The standard InChI is InChI=1S/C14H21F2N3O3/c1-13(2,12(21)22-6)14(3,4)18-11(20)8-7-17-19(5)9(8)10(15)16/h7,10H,1-6H3,(H,18,20). The van der Waals surface area contributed by atoms with E-state index < -0.39 is 34.9 Å². The van der Waals surface area contributed by atoms with Gasteiger partial charge in [-0.25, -0.2) is 8.78 Å². The topological polar surface area (TPSA) is 73.2 Å². The molecule has 1 N–H and O–H groups in total. The van der Waals surface area contributed by atoms with Gasteiger partial charge < -0.3 is 10.1 Å². The summed E-state index contributed by atoms with van der Waals surface area (Å²) in [6.45, 7) is 6.47. The number of nitrogens with one attached hydrogen (secondary N) is 1. The second-order valence-electron chi connectivity index (χ2n) is 6.06. The van der Waals surface area contributed by atoms with E-state index in [1.54, 1.807) is 27.7 Å². The maximum Gasteiger partial charge on any atom is 0.313 e. The molecule has 8 heteroatoms. The van der Waals surface area contributed by atoms with Crippen LogP contribution in [-0.2, 0) is 16.6 Å². The number of methoxy groups -OCH3 is 1. The second kappa shape index (κ2) is 6.02. The molecule has 1 aromatic rings. The van der Waals surface area contributed by atoms with Gasteiger partial charge in [0.25, 0.3) is 12.3 Å². The van der Waals surface area contributed by atoms with E-state index in [0.29, 0.717) is 0 Å². The maximum absolute atomic E-state index is 13.0. The molecule has 0 bridgehead atoms. The first-order chi connectivity index (χ1) is 9.95. The first-order valence-corrected chi connectivity index (χ1v) is 6.66. The zero-order valence-electron chi connectivity index (χ0n) is 13.5. The minimum atomic E-state index is -2.83. The number of rotatable bonds is 5.